The lowest BCUT2D eigenvalue weighted by atomic mass is 9.77. The van der Waals surface area contributed by atoms with Crippen molar-refractivity contribution in [2.75, 3.05) is 0 Å². The van der Waals surface area contributed by atoms with Crippen LogP contribution in [0, 0.1) is 11.8 Å². The van der Waals surface area contributed by atoms with E-state index in [2.05, 4.69) is 26.5 Å². The number of fused-ring (bicyclic) bond motifs is 1. The second-order valence-electron chi connectivity index (χ2n) is 4.26. The first kappa shape index (κ1) is 7.35. The highest BCUT2D eigenvalue weighted by Gasteiger charge is 2.58. The van der Waals surface area contributed by atoms with Crippen LogP contribution in [0.4, 0.5) is 0 Å². The van der Waals surface area contributed by atoms with E-state index in [9.17, 15) is 0 Å². The monoisotopic (exact) mass is 152 g/mol. The molecule has 1 saturated heterocycles. The summed E-state index contributed by atoms with van der Waals surface area (Å²) in [5, 5.41) is 0. The zero-order valence-corrected chi connectivity index (χ0v) is 7.34. The highest BCUT2D eigenvalue weighted by molar-refractivity contribution is 5.08. The highest BCUT2D eigenvalue weighted by Crippen LogP contribution is 2.52. The highest BCUT2D eigenvalue weighted by atomic mass is 16.6. The van der Waals surface area contributed by atoms with Crippen molar-refractivity contribution in [3.63, 3.8) is 0 Å². The predicted octanol–water partition coefficient (Wildman–Crippen LogP) is 2.38. The Labute approximate surface area is 68.4 Å². The molecule has 2 aliphatic rings. The normalized spacial score (nSPS) is 54.9. The van der Waals surface area contributed by atoms with Gasteiger partial charge < -0.3 is 4.74 Å². The van der Waals surface area contributed by atoms with Crippen molar-refractivity contribution < 1.29 is 4.74 Å². The van der Waals surface area contributed by atoms with Crippen LogP contribution in [-0.2, 0) is 4.74 Å². The van der Waals surface area contributed by atoms with Crippen LogP contribution >= 0.6 is 0 Å². The number of epoxide rings is 1. The Hall–Kier alpha value is -0.300. The van der Waals surface area contributed by atoms with Gasteiger partial charge in [-0.15, -0.1) is 6.58 Å². The lowest BCUT2D eigenvalue weighted by molar-refractivity contribution is 0.291. The molecule has 0 aromatic carbocycles. The summed E-state index contributed by atoms with van der Waals surface area (Å²) in [7, 11) is 0. The second-order valence-corrected chi connectivity index (χ2v) is 4.26. The molecular formula is C10H16O. The van der Waals surface area contributed by atoms with E-state index in [1.165, 1.54) is 12.8 Å². The summed E-state index contributed by atoms with van der Waals surface area (Å²) in [5.41, 5.74) is 0.219. The molecule has 1 nitrogen and oxygen atoms in total. The van der Waals surface area contributed by atoms with Gasteiger partial charge in [-0.1, -0.05) is 13.0 Å². The van der Waals surface area contributed by atoms with Gasteiger partial charge in [-0.05, 0) is 31.6 Å². The maximum absolute atomic E-state index is 5.66. The molecule has 0 bridgehead atoms. The quantitative estimate of drug-likeness (QED) is 0.415. The van der Waals surface area contributed by atoms with Crippen molar-refractivity contribution in [1.29, 1.82) is 0 Å². The Bertz CT molecular complexity index is 187. The van der Waals surface area contributed by atoms with Crippen LogP contribution in [-0.4, -0.2) is 11.7 Å². The Morgan fingerprint density at radius 2 is 2.36 bits per heavy atom. The van der Waals surface area contributed by atoms with Crippen molar-refractivity contribution in [3.05, 3.63) is 12.7 Å². The first-order chi connectivity index (χ1) is 5.15. The van der Waals surface area contributed by atoms with E-state index >= 15 is 0 Å². The van der Waals surface area contributed by atoms with Gasteiger partial charge in [0.15, 0.2) is 0 Å². The second kappa shape index (κ2) is 2.10. The molecule has 1 aliphatic carbocycles. The van der Waals surface area contributed by atoms with Gasteiger partial charge in [-0.3, -0.25) is 0 Å². The fourth-order valence-corrected chi connectivity index (χ4v) is 2.52. The van der Waals surface area contributed by atoms with Gasteiger partial charge in [0, 0.05) is 0 Å². The molecule has 1 heterocycles. The molecule has 1 heteroatoms. The molecule has 0 radical (unpaired) electrons. The number of ether oxygens (including phenoxy) is 1. The minimum absolute atomic E-state index is 0.219. The molecule has 0 N–H and O–H groups in total. The van der Waals surface area contributed by atoms with Crippen LogP contribution in [0.3, 0.4) is 0 Å². The standard InChI is InChI=1S/C10H16O/c1-4-8-5-7(2)9-10(3,6-8)11-9/h4,7-9H,1,5-6H2,2-3H3. The summed E-state index contributed by atoms with van der Waals surface area (Å²) < 4.78 is 5.66. The van der Waals surface area contributed by atoms with Gasteiger partial charge in [0.1, 0.15) is 0 Å². The van der Waals surface area contributed by atoms with Gasteiger partial charge in [-0.2, -0.15) is 0 Å². The third-order valence-electron chi connectivity index (χ3n) is 3.13. The molecule has 1 aliphatic heterocycles. The minimum Gasteiger partial charge on any atom is -0.366 e. The molecule has 2 fully saturated rings. The Kier molecular flexibility index (Phi) is 1.40. The summed E-state index contributed by atoms with van der Waals surface area (Å²) in [6, 6.07) is 0. The van der Waals surface area contributed by atoms with Crippen LogP contribution in [0.5, 0.6) is 0 Å². The SMILES string of the molecule is C=CC1CC(C)C2OC2(C)C1. The van der Waals surface area contributed by atoms with E-state index < -0.39 is 0 Å². The van der Waals surface area contributed by atoms with E-state index in [1.54, 1.807) is 0 Å². The van der Waals surface area contributed by atoms with Crippen molar-refractivity contribution >= 4 is 0 Å². The molecule has 62 valence electrons. The summed E-state index contributed by atoms with van der Waals surface area (Å²) >= 11 is 0. The van der Waals surface area contributed by atoms with Gasteiger partial charge in [0.2, 0.25) is 0 Å². The van der Waals surface area contributed by atoms with Gasteiger partial charge in [-0.25, -0.2) is 0 Å². The molecule has 0 amide bonds. The molecule has 1 saturated carbocycles. The topological polar surface area (TPSA) is 12.5 Å². The molecule has 0 aromatic heterocycles. The molecule has 11 heavy (non-hydrogen) atoms. The van der Waals surface area contributed by atoms with Crippen molar-refractivity contribution in [3.8, 4) is 0 Å². The Morgan fingerprint density at radius 3 is 2.91 bits per heavy atom. The summed E-state index contributed by atoms with van der Waals surface area (Å²) in [6.07, 6.45) is 5.09. The van der Waals surface area contributed by atoms with Crippen LogP contribution in [0.15, 0.2) is 12.7 Å². The van der Waals surface area contributed by atoms with Crippen LogP contribution < -0.4 is 0 Å². The predicted molar refractivity (Wildman–Crippen MR) is 45.4 cm³/mol. The average Bonchev–Trinajstić information content (AvgIpc) is 2.62. The summed E-state index contributed by atoms with van der Waals surface area (Å²) in [6.45, 7) is 8.36. The van der Waals surface area contributed by atoms with E-state index in [0.717, 1.165) is 5.92 Å². The molecule has 4 atom stereocenters. The van der Waals surface area contributed by atoms with Crippen LogP contribution in [0.2, 0.25) is 0 Å². The molecule has 0 spiro atoms. The molecule has 2 rings (SSSR count). The number of allylic oxidation sites excluding steroid dienone is 1. The lowest BCUT2D eigenvalue weighted by Crippen LogP contribution is -2.26. The molecule has 0 aromatic rings. The maximum Gasteiger partial charge on any atom is 0.0928 e. The summed E-state index contributed by atoms with van der Waals surface area (Å²) in [4.78, 5) is 0. The van der Waals surface area contributed by atoms with Crippen molar-refractivity contribution in [2.45, 2.75) is 38.4 Å². The average molecular weight is 152 g/mol. The molecule has 4 unspecified atom stereocenters. The first-order valence-corrected chi connectivity index (χ1v) is 4.46. The van der Waals surface area contributed by atoms with E-state index in [-0.39, 0.29) is 5.60 Å². The van der Waals surface area contributed by atoms with Crippen LogP contribution in [0.1, 0.15) is 26.7 Å². The lowest BCUT2D eigenvalue weighted by Gasteiger charge is -2.24. The number of hydrogen-bond acceptors (Lipinski definition) is 1. The third-order valence-corrected chi connectivity index (χ3v) is 3.13. The van der Waals surface area contributed by atoms with E-state index in [1.807, 2.05) is 0 Å². The minimum atomic E-state index is 0.219. The zero-order valence-electron chi connectivity index (χ0n) is 7.34. The number of hydrogen-bond donors (Lipinski definition) is 0. The van der Waals surface area contributed by atoms with Crippen LogP contribution in [0.25, 0.3) is 0 Å². The van der Waals surface area contributed by atoms with E-state index in [0.29, 0.717) is 12.0 Å². The smallest absolute Gasteiger partial charge is 0.0928 e. The summed E-state index contributed by atoms with van der Waals surface area (Å²) in [5.74, 6) is 1.42. The maximum atomic E-state index is 5.66. The largest absolute Gasteiger partial charge is 0.366 e. The van der Waals surface area contributed by atoms with Gasteiger partial charge in [0.25, 0.3) is 0 Å². The third kappa shape index (κ3) is 1.02. The first-order valence-electron chi connectivity index (χ1n) is 4.46. The Balaban J connectivity index is 2.08. The Morgan fingerprint density at radius 1 is 1.64 bits per heavy atom. The number of rotatable bonds is 1. The van der Waals surface area contributed by atoms with Crippen molar-refractivity contribution in [2.24, 2.45) is 11.8 Å². The fourth-order valence-electron chi connectivity index (χ4n) is 2.52. The zero-order chi connectivity index (χ0) is 8.06. The molecular weight excluding hydrogens is 136 g/mol. The van der Waals surface area contributed by atoms with Gasteiger partial charge in [0.05, 0.1) is 11.7 Å². The van der Waals surface area contributed by atoms with Crippen molar-refractivity contribution in [1.82, 2.24) is 0 Å². The van der Waals surface area contributed by atoms with Gasteiger partial charge >= 0.3 is 0 Å². The van der Waals surface area contributed by atoms with E-state index in [4.69, 9.17) is 4.74 Å². The fraction of sp³-hybridized carbons (Fsp3) is 0.800.